The van der Waals surface area contributed by atoms with Gasteiger partial charge in [-0.1, -0.05) is 192 Å². The van der Waals surface area contributed by atoms with E-state index in [0.29, 0.717) is 13.0 Å². The quantitative estimate of drug-likeness (QED) is 0.0269. The highest BCUT2D eigenvalue weighted by Crippen LogP contribution is 2.23. The summed E-state index contributed by atoms with van der Waals surface area (Å²) < 4.78 is 22.9. The van der Waals surface area contributed by atoms with Gasteiger partial charge in [-0.25, -0.2) is 0 Å². The molecule has 1 fully saturated rings. The first-order chi connectivity index (χ1) is 28.9. The molecule has 1 aliphatic heterocycles. The van der Waals surface area contributed by atoms with E-state index in [1.54, 1.807) is 0 Å². The lowest BCUT2D eigenvalue weighted by atomic mass is 9.99. The lowest BCUT2D eigenvalue weighted by molar-refractivity contribution is -0.305. The molecule has 0 aromatic heterocycles. The third kappa shape index (κ3) is 32.7. The van der Waals surface area contributed by atoms with Gasteiger partial charge in [0.15, 0.2) is 6.29 Å². The highest BCUT2D eigenvalue weighted by molar-refractivity contribution is 5.69. The lowest BCUT2D eigenvalue weighted by Crippen LogP contribution is -2.59. The Labute approximate surface area is 361 Å². The van der Waals surface area contributed by atoms with Gasteiger partial charge in [0.05, 0.1) is 19.8 Å². The molecule has 1 heterocycles. The second-order valence-corrected chi connectivity index (χ2v) is 16.9. The van der Waals surface area contributed by atoms with Gasteiger partial charge in [-0.15, -0.1) is 0 Å². The summed E-state index contributed by atoms with van der Waals surface area (Å²) in [6.45, 7) is 4.55. The van der Waals surface area contributed by atoms with E-state index < -0.39 is 43.4 Å². The van der Waals surface area contributed by atoms with Crippen LogP contribution < -0.4 is 0 Å². The monoisotopic (exact) mass is 837 g/mol. The topological polar surface area (TPSA) is 135 Å². The van der Waals surface area contributed by atoms with Gasteiger partial charge in [-0.2, -0.15) is 0 Å². The zero-order valence-corrected chi connectivity index (χ0v) is 38.0. The van der Waals surface area contributed by atoms with Crippen LogP contribution in [0.1, 0.15) is 213 Å². The van der Waals surface area contributed by atoms with Crippen LogP contribution in [0, 0.1) is 0 Å². The number of esters is 1. The Morgan fingerprint density at radius 1 is 0.542 bits per heavy atom. The summed E-state index contributed by atoms with van der Waals surface area (Å²) in [7, 11) is 0. The first-order valence-electron chi connectivity index (χ1n) is 24.6. The van der Waals surface area contributed by atoms with Crippen molar-refractivity contribution >= 4 is 5.97 Å². The average Bonchev–Trinajstić information content (AvgIpc) is 3.24. The van der Waals surface area contributed by atoms with Crippen LogP contribution in [-0.2, 0) is 23.7 Å². The summed E-state index contributed by atoms with van der Waals surface area (Å²) in [6.07, 6.45) is 43.1. The molecule has 9 nitrogen and oxygen atoms in total. The Bertz CT molecular complexity index is 999. The fourth-order valence-corrected chi connectivity index (χ4v) is 7.44. The third-order valence-electron chi connectivity index (χ3n) is 11.3. The maximum Gasteiger partial charge on any atom is 0.306 e. The van der Waals surface area contributed by atoms with Crippen LogP contribution in [0.2, 0.25) is 0 Å². The number of carbonyl (C=O) groups is 1. The number of hydrogen-bond donors (Lipinski definition) is 4. The molecular formula is C50H92O9. The van der Waals surface area contributed by atoms with Crippen LogP contribution in [0.4, 0.5) is 0 Å². The number of aliphatic hydroxyl groups excluding tert-OH is 4. The molecule has 0 aromatic rings. The zero-order chi connectivity index (χ0) is 42.9. The predicted molar refractivity (Wildman–Crippen MR) is 242 cm³/mol. The predicted octanol–water partition coefficient (Wildman–Crippen LogP) is 11.5. The van der Waals surface area contributed by atoms with Crippen LogP contribution >= 0.6 is 0 Å². The summed E-state index contributed by atoms with van der Waals surface area (Å²) in [5, 5.41) is 40.2. The van der Waals surface area contributed by atoms with Crippen LogP contribution in [0.15, 0.2) is 36.5 Å². The number of hydrogen-bond acceptors (Lipinski definition) is 9. The molecule has 0 aliphatic carbocycles. The van der Waals surface area contributed by atoms with E-state index in [1.165, 1.54) is 135 Å². The summed E-state index contributed by atoms with van der Waals surface area (Å²) in [4.78, 5) is 12.8. The second kappa shape index (κ2) is 41.7. The van der Waals surface area contributed by atoms with E-state index in [2.05, 4.69) is 50.3 Å². The van der Waals surface area contributed by atoms with Crippen LogP contribution in [0.25, 0.3) is 0 Å². The minimum atomic E-state index is -1.54. The molecule has 59 heavy (non-hydrogen) atoms. The largest absolute Gasteiger partial charge is 0.457 e. The molecule has 6 atom stereocenters. The Hall–Kier alpha value is -1.59. The molecule has 0 saturated carbocycles. The molecule has 1 rings (SSSR count). The number of rotatable bonds is 42. The number of aliphatic hydroxyl groups is 4. The standard InChI is InChI=1S/C50H92O9/c1-3-5-7-9-11-13-15-17-19-21-22-23-25-27-29-31-33-35-37-39-46(52)58-44(43-57-50-49(55)48(54)47(53)45(41-51)59-50)42-56-40-38-36-34-32-30-28-26-24-20-18-16-14-12-10-8-6-4-2/h11,13,17,19,22-23,44-45,47-51,53-55H,3-10,12,14-16,18,20-21,24-43H2,1-2H3/b13-11-,19-17-,23-22-. The summed E-state index contributed by atoms with van der Waals surface area (Å²) in [6, 6.07) is 0. The van der Waals surface area contributed by atoms with E-state index in [0.717, 1.165) is 57.8 Å². The van der Waals surface area contributed by atoms with Crippen molar-refractivity contribution in [2.75, 3.05) is 26.4 Å². The molecule has 0 aromatic carbocycles. The molecule has 0 amide bonds. The summed E-state index contributed by atoms with van der Waals surface area (Å²) in [5.74, 6) is -0.323. The Morgan fingerprint density at radius 3 is 1.51 bits per heavy atom. The molecule has 0 spiro atoms. The molecule has 6 unspecified atom stereocenters. The molecule has 346 valence electrons. The van der Waals surface area contributed by atoms with E-state index in [9.17, 15) is 25.2 Å². The SMILES string of the molecule is CCCCC/C=C\C/C=C\C/C=C\CCCCCCCCC(=O)OC(COCCCCCCCCCCCCCCCCCCC)COC1OC(CO)C(O)C(O)C1O. The molecule has 0 radical (unpaired) electrons. The molecule has 9 heteroatoms. The Kier molecular flexibility index (Phi) is 39.2. The van der Waals surface area contributed by atoms with Gasteiger partial charge in [0.2, 0.25) is 0 Å². The Balaban J connectivity index is 2.24. The molecule has 1 aliphatic rings. The van der Waals surface area contributed by atoms with Crippen molar-refractivity contribution < 1.29 is 44.2 Å². The molecular weight excluding hydrogens is 745 g/mol. The molecule has 1 saturated heterocycles. The number of unbranched alkanes of at least 4 members (excludes halogenated alkanes) is 25. The lowest BCUT2D eigenvalue weighted by Gasteiger charge is -2.39. The van der Waals surface area contributed by atoms with Crippen LogP contribution in [-0.4, -0.2) is 89.6 Å². The smallest absolute Gasteiger partial charge is 0.306 e. The molecule has 4 N–H and O–H groups in total. The van der Waals surface area contributed by atoms with Crippen LogP contribution in [0.3, 0.4) is 0 Å². The van der Waals surface area contributed by atoms with Crippen molar-refractivity contribution in [3.05, 3.63) is 36.5 Å². The van der Waals surface area contributed by atoms with E-state index >= 15 is 0 Å². The van der Waals surface area contributed by atoms with Gasteiger partial charge in [0.1, 0.15) is 30.5 Å². The first-order valence-corrected chi connectivity index (χ1v) is 24.6. The van der Waals surface area contributed by atoms with Gasteiger partial charge in [0.25, 0.3) is 0 Å². The van der Waals surface area contributed by atoms with Gasteiger partial charge in [-0.3, -0.25) is 4.79 Å². The highest BCUT2D eigenvalue weighted by atomic mass is 16.7. The van der Waals surface area contributed by atoms with Crippen molar-refractivity contribution in [1.29, 1.82) is 0 Å². The van der Waals surface area contributed by atoms with Crippen molar-refractivity contribution in [2.24, 2.45) is 0 Å². The zero-order valence-electron chi connectivity index (χ0n) is 38.0. The fraction of sp³-hybridized carbons (Fsp3) is 0.860. The fourth-order valence-electron chi connectivity index (χ4n) is 7.44. The summed E-state index contributed by atoms with van der Waals surface area (Å²) >= 11 is 0. The van der Waals surface area contributed by atoms with Crippen molar-refractivity contribution in [1.82, 2.24) is 0 Å². The van der Waals surface area contributed by atoms with Crippen molar-refractivity contribution in [2.45, 2.75) is 250 Å². The second-order valence-electron chi connectivity index (χ2n) is 16.9. The van der Waals surface area contributed by atoms with Crippen LogP contribution in [0.5, 0.6) is 0 Å². The van der Waals surface area contributed by atoms with E-state index in [4.69, 9.17) is 18.9 Å². The van der Waals surface area contributed by atoms with Gasteiger partial charge < -0.3 is 39.4 Å². The van der Waals surface area contributed by atoms with E-state index in [1.807, 2.05) is 0 Å². The van der Waals surface area contributed by atoms with Crippen molar-refractivity contribution in [3.63, 3.8) is 0 Å². The highest BCUT2D eigenvalue weighted by Gasteiger charge is 2.44. The third-order valence-corrected chi connectivity index (χ3v) is 11.3. The van der Waals surface area contributed by atoms with Gasteiger partial charge >= 0.3 is 5.97 Å². The van der Waals surface area contributed by atoms with E-state index in [-0.39, 0.29) is 19.2 Å². The number of carbonyl (C=O) groups excluding carboxylic acids is 1. The maximum atomic E-state index is 12.8. The average molecular weight is 837 g/mol. The van der Waals surface area contributed by atoms with Crippen molar-refractivity contribution in [3.8, 4) is 0 Å². The number of ether oxygens (including phenoxy) is 4. The van der Waals surface area contributed by atoms with Gasteiger partial charge in [0, 0.05) is 13.0 Å². The van der Waals surface area contributed by atoms with Gasteiger partial charge in [-0.05, 0) is 51.4 Å². The first kappa shape index (κ1) is 55.4. The normalized spacial score (nSPS) is 20.4. The number of allylic oxidation sites excluding steroid dienone is 6. The minimum absolute atomic E-state index is 0.116. The molecule has 0 bridgehead atoms. The summed E-state index contributed by atoms with van der Waals surface area (Å²) in [5.41, 5.74) is 0. The Morgan fingerprint density at radius 2 is 0.983 bits per heavy atom. The maximum absolute atomic E-state index is 12.8. The minimum Gasteiger partial charge on any atom is -0.457 e.